The highest BCUT2D eigenvalue weighted by Gasteiger charge is 2.39. The van der Waals surface area contributed by atoms with Crippen molar-refractivity contribution in [1.29, 1.82) is 0 Å². The number of fused-ring (bicyclic) bond motifs is 1. The van der Waals surface area contributed by atoms with Crippen molar-refractivity contribution in [3.63, 3.8) is 0 Å². The van der Waals surface area contributed by atoms with Gasteiger partial charge in [-0.05, 0) is 59.5 Å². The molecule has 5 heterocycles. The largest absolute Gasteiger partial charge is 0.322 e. The van der Waals surface area contributed by atoms with Gasteiger partial charge in [-0.15, -0.1) is 0 Å². The minimum absolute atomic E-state index is 0.163. The summed E-state index contributed by atoms with van der Waals surface area (Å²) in [7, 11) is 0. The molecule has 0 radical (unpaired) electrons. The maximum atomic E-state index is 13.0. The second kappa shape index (κ2) is 8.70. The first-order valence-electron chi connectivity index (χ1n) is 11.9. The third-order valence-electron chi connectivity index (χ3n) is 7.18. The highest BCUT2D eigenvalue weighted by Crippen LogP contribution is 2.32. The summed E-state index contributed by atoms with van der Waals surface area (Å²) >= 11 is 0. The smallest absolute Gasteiger partial charge is 0.255 e. The van der Waals surface area contributed by atoms with Gasteiger partial charge in [-0.2, -0.15) is 0 Å². The van der Waals surface area contributed by atoms with Gasteiger partial charge >= 0.3 is 0 Å². The van der Waals surface area contributed by atoms with Crippen LogP contribution in [0.15, 0.2) is 61.1 Å². The SMILES string of the molecule is O=C1CCC(N2Cc3cc(-c4cc(CN5CC(c6ccncc6)C5)ccn4)ccc3C2=O)C(=O)N1. The predicted octanol–water partition coefficient (Wildman–Crippen LogP) is 2.50. The lowest BCUT2D eigenvalue weighted by Crippen LogP contribution is -2.52. The van der Waals surface area contributed by atoms with Crippen molar-refractivity contribution in [2.45, 2.75) is 37.9 Å². The summed E-state index contributed by atoms with van der Waals surface area (Å²) in [5.41, 5.74) is 5.84. The lowest BCUT2D eigenvalue weighted by Gasteiger charge is -2.39. The zero-order valence-corrected chi connectivity index (χ0v) is 19.2. The van der Waals surface area contributed by atoms with Gasteiger partial charge in [-0.25, -0.2) is 0 Å². The summed E-state index contributed by atoms with van der Waals surface area (Å²) in [6, 6.07) is 13.5. The normalized spacial score (nSPS) is 20.5. The molecule has 8 nitrogen and oxygen atoms in total. The number of nitrogens with zero attached hydrogens (tertiary/aromatic N) is 4. The topological polar surface area (TPSA) is 95.5 Å². The van der Waals surface area contributed by atoms with Gasteiger partial charge in [0, 0.05) is 68.2 Å². The lowest BCUT2D eigenvalue weighted by atomic mass is 9.92. The molecule has 1 atom stereocenters. The quantitative estimate of drug-likeness (QED) is 0.580. The summed E-state index contributed by atoms with van der Waals surface area (Å²) in [4.78, 5) is 49.4. The van der Waals surface area contributed by atoms with Crippen LogP contribution in [0.5, 0.6) is 0 Å². The van der Waals surface area contributed by atoms with Crippen LogP contribution in [0.2, 0.25) is 0 Å². The number of amides is 3. The number of imide groups is 1. The molecule has 8 heteroatoms. The van der Waals surface area contributed by atoms with Crippen LogP contribution in [0.1, 0.15) is 45.8 Å². The number of pyridine rings is 2. The number of carbonyl (C=O) groups is 3. The average Bonchev–Trinajstić information content (AvgIpc) is 3.17. The Hall–Kier alpha value is -3.91. The van der Waals surface area contributed by atoms with E-state index in [0.29, 0.717) is 24.4 Å². The number of aromatic nitrogens is 2. The number of hydrogen-bond donors (Lipinski definition) is 1. The van der Waals surface area contributed by atoms with Crippen molar-refractivity contribution < 1.29 is 14.4 Å². The van der Waals surface area contributed by atoms with Gasteiger partial charge in [0.15, 0.2) is 0 Å². The van der Waals surface area contributed by atoms with E-state index in [2.05, 4.69) is 38.4 Å². The van der Waals surface area contributed by atoms with Crippen LogP contribution < -0.4 is 5.32 Å². The molecule has 3 aromatic rings. The first-order chi connectivity index (χ1) is 17.0. The minimum atomic E-state index is -0.606. The van der Waals surface area contributed by atoms with E-state index < -0.39 is 11.9 Å². The van der Waals surface area contributed by atoms with E-state index >= 15 is 0 Å². The van der Waals surface area contributed by atoms with Crippen LogP contribution >= 0.6 is 0 Å². The second-order valence-electron chi connectivity index (χ2n) is 9.49. The second-order valence-corrected chi connectivity index (χ2v) is 9.49. The Balaban J connectivity index is 1.15. The van der Waals surface area contributed by atoms with E-state index in [1.165, 1.54) is 11.1 Å². The van der Waals surface area contributed by atoms with Gasteiger partial charge in [0.05, 0.1) is 5.69 Å². The third kappa shape index (κ3) is 4.10. The van der Waals surface area contributed by atoms with Crippen LogP contribution in [0.25, 0.3) is 11.3 Å². The van der Waals surface area contributed by atoms with Gasteiger partial charge in [-0.1, -0.05) is 6.07 Å². The number of benzene rings is 1. The minimum Gasteiger partial charge on any atom is -0.322 e. The van der Waals surface area contributed by atoms with E-state index in [-0.39, 0.29) is 18.2 Å². The van der Waals surface area contributed by atoms with Crippen molar-refractivity contribution in [3.8, 4) is 11.3 Å². The Labute approximate surface area is 203 Å². The van der Waals surface area contributed by atoms with Crippen molar-refractivity contribution >= 4 is 17.7 Å². The zero-order valence-electron chi connectivity index (χ0n) is 19.2. The van der Waals surface area contributed by atoms with Crippen LogP contribution in [0, 0.1) is 0 Å². The summed E-state index contributed by atoms with van der Waals surface area (Å²) < 4.78 is 0. The van der Waals surface area contributed by atoms with Gasteiger partial charge < -0.3 is 4.90 Å². The van der Waals surface area contributed by atoms with E-state index in [1.54, 1.807) is 4.90 Å². The van der Waals surface area contributed by atoms with Crippen LogP contribution in [0.3, 0.4) is 0 Å². The molecule has 1 N–H and O–H groups in total. The Morgan fingerprint density at radius 1 is 0.971 bits per heavy atom. The zero-order chi connectivity index (χ0) is 23.9. The molecule has 0 aliphatic carbocycles. The molecule has 0 bridgehead atoms. The molecule has 2 fully saturated rings. The Morgan fingerprint density at radius 2 is 1.80 bits per heavy atom. The van der Waals surface area contributed by atoms with Crippen LogP contribution in [0.4, 0.5) is 0 Å². The summed E-state index contributed by atoms with van der Waals surface area (Å²) in [5, 5.41) is 2.35. The predicted molar refractivity (Wildman–Crippen MR) is 128 cm³/mol. The number of carbonyl (C=O) groups excluding carboxylic acids is 3. The van der Waals surface area contributed by atoms with Gasteiger partial charge in [0.1, 0.15) is 6.04 Å². The molecule has 3 amide bonds. The standard InChI is InChI=1S/C27H25N5O3/c33-25-4-3-24(26(34)30-25)32-16-20-12-19(1-2-22(20)27(32)35)23-11-17(5-10-29-23)13-31-14-21(15-31)18-6-8-28-9-7-18/h1-2,5-12,21,24H,3-4,13-16H2,(H,30,33,34). The number of piperidine rings is 1. The first kappa shape index (κ1) is 21.6. The maximum absolute atomic E-state index is 13.0. The van der Waals surface area contributed by atoms with E-state index in [4.69, 9.17) is 0 Å². The monoisotopic (exact) mass is 467 g/mol. The van der Waals surface area contributed by atoms with Crippen molar-refractivity contribution in [1.82, 2.24) is 25.1 Å². The Kier molecular flexibility index (Phi) is 5.37. The van der Waals surface area contributed by atoms with Crippen molar-refractivity contribution in [2.24, 2.45) is 0 Å². The van der Waals surface area contributed by atoms with Crippen molar-refractivity contribution in [3.05, 3.63) is 83.3 Å². The Morgan fingerprint density at radius 3 is 2.60 bits per heavy atom. The van der Waals surface area contributed by atoms with Crippen LogP contribution in [-0.2, 0) is 22.7 Å². The number of nitrogens with one attached hydrogen (secondary N) is 1. The number of likely N-dealkylation sites (tertiary alicyclic amines) is 1. The summed E-state index contributed by atoms with van der Waals surface area (Å²) in [5.74, 6) is -0.283. The van der Waals surface area contributed by atoms with Crippen LogP contribution in [-0.4, -0.2) is 56.6 Å². The molecule has 1 unspecified atom stereocenters. The molecule has 0 spiro atoms. The fourth-order valence-corrected chi connectivity index (χ4v) is 5.27. The molecule has 2 saturated heterocycles. The van der Waals surface area contributed by atoms with Gasteiger partial charge in [-0.3, -0.25) is 34.6 Å². The number of rotatable bonds is 5. The molecular weight excluding hydrogens is 442 g/mol. The molecule has 35 heavy (non-hydrogen) atoms. The maximum Gasteiger partial charge on any atom is 0.255 e. The molecular formula is C27H25N5O3. The molecule has 3 aliphatic heterocycles. The molecule has 6 rings (SSSR count). The molecule has 3 aliphatic rings. The fraction of sp³-hybridized carbons (Fsp3) is 0.296. The van der Waals surface area contributed by atoms with E-state index in [1.807, 2.05) is 42.9 Å². The molecule has 0 saturated carbocycles. The average molecular weight is 468 g/mol. The molecule has 2 aromatic heterocycles. The molecule has 1 aromatic carbocycles. The lowest BCUT2D eigenvalue weighted by molar-refractivity contribution is -0.136. The fourth-order valence-electron chi connectivity index (χ4n) is 5.27. The van der Waals surface area contributed by atoms with Gasteiger partial charge in [0.25, 0.3) is 5.91 Å². The highest BCUT2D eigenvalue weighted by molar-refractivity contribution is 6.05. The van der Waals surface area contributed by atoms with E-state index in [9.17, 15) is 14.4 Å². The molecule has 176 valence electrons. The third-order valence-corrected chi connectivity index (χ3v) is 7.18. The first-order valence-corrected chi connectivity index (χ1v) is 11.9. The van der Waals surface area contributed by atoms with E-state index in [0.717, 1.165) is 36.5 Å². The highest BCUT2D eigenvalue weighted by atomic mass is 16.2. The van der Waals surface area contributed by atoms with Crippen molar-refractivity contribution in [2.75, 3.05) is 13.1 Å². The summed E-state index contributed by atoms with van der Waals surface area (Å²) in [6.45, 7) is 3.28. The van der Waals surface area contributed by atoms with Gasteiger partial charge in [0.2, 0.25) is 11.8 Å². The summed E-state index contributed by atoms with van der Waals surface area (Å²) in [6.07, 6.45) is 6.14. The Bertz CT molecular complexity index is 1320. The number of hydrogen-bond acceptors (Lipinski definition) is 6.